The Morgan fingerprint density at radius 3 is 2.78 bits per heavy atom. The number of amides is 1. The topological polar surface area (TPSA) is 58.4 Å². The van der Waals surface area contributed by atoms with Gasteiger partial charge in [-0.1, -0.05) is 31.2 Å². The van der Waals surface area contributed by atoms with E-state index in [1.54, 1.807) is 30.7 Å². The summed E-state index contributed by atoms with van der Waals surface area (Å²) in [4.78, 5) is 19.6. The number of imidazole rings is 1. The van der Waals surface area contributed by atoms with Crippen molar-refractivity contribution in [1.82, 2.24) is 14.5 Å². The molecule has 5 nitrogen and oxygen atoms in total. The first-order valence-electron chi connectivity index (χ1n) is 13.4. The van der Waals surface area contributed by atoms with Gasteiger partial charge in [0, 0.05) is 23.7 Å². The Bertz CT molecular complexity index is 1310. The van der Waals surface area contributed by atoms with E-state index in [0.29, 0.717) is 17.9 Å². The molecule has 1 saturated carbocycles. The third kappa shape index (κ3) is 4.17. The molecule has 37 heavy (non-hydrogen) atoms. The van der Waals surface area contributed by atoms with Gasteiger partial charge in [0.25, 0.3) is 0 Å². The molecular weight excluding hydrogens is 472 g/mol. The van der Waals surface area contributed by atoms with Crippen LogP contribution in [0.5, 0.6) is 0 Å². The fourth-order valence-electron chi connectivity index (χ4n) is 7.34. The number of carbonyl (C=O) groups excluding carboxylic acids is 1. The molecule has 194 valence electrons. The van der Waals surface area contributed by atoms with Crippen LogP contribution in [0.15, 0.2) is 55.0 Å². The Hall–Kier alpha value is -3.06. The lowest BCUT2D eigenvalue weighted by Crippen LogP contribution is -2.55. The van der Waals surface area contributed by atoms with Crippen molar-refractivity contribution < 1.29 is 18.7 Å². The maximum Gasteiger partial charge on any atom is 0.227 e. The lowest BCUT2D eigenvalue weighted by atomic mass is 9.60. The Labute approximate surface area is 216 Å². The number of hydrogen-bond acceptors (Lipinski definition) is 3. The average Bonchev–Trinajstić information content (AvgIpc) is 3.48. The van der Waals surface area contributed by atoms with Gasteiger partial charge in [0.2, 0.25) is 5.91 Å². The van der Waals surface area contributed by atoms with Crippen LogP contribution in [-0.4, -0.2) is 44.2 Å². The first kappa shape index (κ1) is 24.3. The number of carbonyl (C=O) groups is 1. The normalized spacial score (nSPS) is 27.0. The summed E-state index contributed by atoms with van der Waals surface area (Å²) in [6, 6.07) is 11.0. The maximum absolute atomic E-state index is 15.0. The summed E-state index contributed by atoms with van der Waals surface area (Å²) in [6.45, 7) is 2.85. The molecule has 2 fully saturated rings. The van der Waals surface area contributed by atoms with Crippen LogP contribution in [0.3, 0.4) is 0 Å². The summed E-state index contributed by atoms with van der Waals surface area (Å²) in [5.41, 5.74) is 2.84. The number of halogens is 2. The smallest absolute Gasteiger partial charge is 0.227 e. The molecule has 5 unspecified atom stereocenters. The van der Waals surface area contributed by atoms with Crippen molar-refractivity contribution in [3.63, 3.8) is 0 Å². The molecule has 2 aliphatic heterocycles. The zero-order valence-electron chi connectivity index (χ0n) is 21.1. The van der Waals surface area contributed by atoms with Gasteiger partial charge in [-0.3, -0.25) is 4.79 Å². The van der Waals surface area contributed by atoms with E-state index in [1.165, 1.54) is 18.2 Å². The lowest BCUT2D eigenvalue weighted by Gasteiger charge is -2.53. The number of aliphatic hydroxyl groups is 1. The Morgan fingerprint density at radius 1 is 1.19 bits per heavy atom. The van der Waals surface area contributed by atoms with Crippen molar-refractivity contribution >= 4 is 5.91 Å². The molecule has 3 heterocycles. The first-order chi connectivity index (χ1) is 17.9. The summed E-state index contributed by atoms with van der Waals surface area (Å²) < 4.78 is 30.3. The number of fused-ring (bicyclic) bond motifs is 5. The molecule has 2 bridgehead atoms. The fraction of sp³-hybridized carbons (Fsp3) is 0.467. The minimum atomic E-state index is -0.638. The number of rotatable bonds is 6. The van der Waals surface area contributed by atoms with Gasteiger partial charge in [-0.25, -0.2) is 13.8 Å². The highest BCUT2D eigenvalue weighted by Crippen LogP contribution is 2.52. The van der Waals surface area contributed by atoms with Crippen LogP contribution in [0, 0.1) is 23.0 Å². The Kier molecular flexibility index (Phi) is 6.14. The van der Waals surface area contributed by atoms with Crippen LogP contribution < -0.4 is 0 Å². The molecule has 1 aromatic heterocycles. The number of aliphatic hydroxyl groups excluding tert-OH is 1. The predicted molar refractivity (Wildman–Crippen MR) is 137 cm³/mol. The summed E-state index contributed by atoms with van der Waals surface area (Å²) in [5, 5.41) is 11.8. The van der Waals surface area contributed by atoms with Gasteiger partial charge >= 0.3 is 0 Å². The predicted octanol–water partition coefficient (Wildman–Crippen LogP) is 5.52. The lowest BCUT2D eigenvalue weighted by molar-refractivity contribution is -0.142. The maximum atomic E-state index is 15.0. The van der Waals surface area contributed by atoms with Gasteiger partial charge in [0.05, 0.1) is 36.8 Å². The Morgan fingerprint density at radius 2 is 2.00 bits per heavy atom. The second-order valence-electron chi connectivity index (χ2n) is 11.2. The van der Waals surface area contributed by atoms with E-state index in [-0.39, 0.29) is 41.5 Å². The van der Waals surface area contributed by atoms with Gasteiger partial charge in [-0.15, -0.1) is 0 Å². The molecule has 3 aliphatic rings. The highest BCUT2D eigenvalue weighted by atomic mass is 19.1. The molecular formula is C30H33F2N3O2. The first-order valence-corrected chi connectivity index (χ1v) is 13.4. The third-order valence-corrected chi connectivity index (χ3v) is 9.27. The standard InChI is InChI=1S/C30H33F2N3O2/c1-2-30(27(36)14-25-29-23(4-3-5-24(29)32)26-17-33-18-35(25)26)15-20-10-11-34(22(12-20)16-30)28(37)13-19-6-8-21(31)9-7-19/h3-9,17-18,20,22,25,27,36H,2,10-16H2,1H3. The molecule has 1 amide bonds. The summed E-state index contributed by atoms with van der Waals surface area (Å²) in [7, 11) is 0. The molecule has 0 radical (unpaired) electrons. The Balaban J connectivity index is 1.23. The minimum absolute atomic E-state index is 0.0614. The van der Waals surface area contributed by atoms with Crippen molar-refractivity contribution in [3.8, 4) is 11.3 Å². The molecule has 1 aliphatic carbocycles. The van der Waals surface area contributed by atoms with Crippen molar-refractivity contribution in [2.45, 2.75) is 70.1 Å². The zero-order chi connectivity index (χ0) is 25.7. The van der Waals surface area contributed by atoms with Crippen LogP contribution in [-0.2, 0) is 11.2 Å². The van der Waals surface area contributed by atoms with Crippen LogP contribution in [0.1, 0.15) is 62.6 Å². The van der Waals surface area contributed by atoms with Gasteiger partial charge in [-0.2, -0.15) is 0 Å². The number of nitrogens with zero attached hydrogens (tertiary/aromatic N) is 3. The second-order valence-corrected chi connectivity index (χ2v) is 11.2. The minimum Gasteiger partial charge on any atom is -0.392 e. The van der Waals surface area contributed by atoms with E-state index in [4.69, 9.17) is 0 Å². The van der Waals surface area contributed by atoms with Crippen molar-refractivity contribution in [1.29, 1.82) is 0 Å². The molecule has 0 spiro atoms. The number of likely N-dealkylation sites (tertiary alicyclic amines) is 1. The zero-order valence-corrected chi connectivity index (χ0v) is 21.1. The van der Waals surface area contributed by atoms with Crippen molar-refractivity contribution in [2.75, 3.05) is 6.54 Å². The molecule has 6 rings (SSSR count). The van der Waals surface area contributed by atoms with E-state index < -0.39 is 6.10 Å². The number of benzene rings is 2. The highest BCUT2D eigenvalue weighted by Gasteiger charge is 2.49. The number of piperidine rings is 1. The largest absolute Gasteiger partial charge is 0.392 e. The summed E-state index contributed by atoms with van der Waals surface area (Å²) in [6.07, 6.45) is 7.86. The van der Waals surface area contributed by atoms with Crippen molar-refractivity contribution in [2.24, 2.45) is 11.3 Å². The fourth-order valence-corrected chi connectivity index (χ4v) is 7.34. The van der Waals surface area contributed by atoms with Crippen molar-refractivity contribution in [3.05, 3.63) is 77.8 Å². The summed E-state index contributed by atoms with van der Waals surface area (Å²) >= 11 is 0. The monoisotopic (exact) mass is 505 g/mol. The molecule has 2 aromatic carbocycles. The summed E-state index contributed by atoms with van der Waals surface area (Å²) in [5.74, 6) is -0.0356. The van der Waals surface area contributed by atoms with E-state index in [2.05, 4.69) is 11.9 Å². The van der Waals surface area contributed by atoms with Gasteiger partial charge < -0.3 is 14.6 Å². The van der Waals surface area contributed by atoms with E-state index >= 15 is 4.39 Å². The SMILES string of the molecule is CCC1(C(O)CC2c3c(F)cccc3-c3cncn32)CC2CCN(C(=O)Cc3ccc(F)cc3)C(C2)C1. The molecule has 1 N–H and O–H groups in total. The molecule has 1 saturated heterocycles. The van der Waals surface area contributed by atoms with Crippen LogP contribution in [0.25, 0.3) is 11.3 Å². The van der Waals surface area contributed by atoms with Gasteiger partial charge in [0.15, 0.2) is 0 Å². The number of aromatic nitrogens is 2. The van der Waals surface area contributed by atoms with E-state index in [9.17, 15) is 14.3 Å². The van der Waals surface area contributed by atoms with Gasteiger partial charge in [-0.05, 0) is 73.6 Å². The van der Waals surface area contributed by atoms with E-state index in [0.717, 1.165) is 55.5 Å². The van der Waals surface area contributed by atoms with Crippen LogP contribution in [0.4, 0.5) is 8.78 Å². The molecule has 3 aromatic rings. The van der Waals surface area contributed by atoms with Gasteiger partial charge in [0.1, 0.15) is 11.6 Å². The quantitative estimate of drug-likeness (QED) is 0.480. The van der Waals surface area contributed by atoms with Crippen LogP contribution >= 0.6 is 0 Å². The number of hydrogen-bond donors (Lipinski definition) is 1. The average molecular weight is 506 g/mol. The third-order valence-electron chi connectivity index (χ3n) is 9.27. The molecule has 5 atom stereocenters. The molecule has 7 heteroatoms. The van der Waals surface area contributed by atoms with Crippen LogP contribution in [0.2, 0.25) is 0 Å². The second kappa shape index (κ2) is 9.35. The van der Waals surface area contributed by atoms with E-state index in [1.807, 2.05) is 15.5 Å². The highest BCUT2D eigenvalue weighted by molar-refractivity contribution is 5.79.